The average Bonchev–Trinajstić information content (AvgIpc) is 2.83. The molecule has 0 spiro atoms. The molecule has 158 valence electrons. The molecule has 7 nitrogen and oxygen atoms in total. The zero-order valence-corrected chi connectivity index (χ0v) is 17.1. The lowest BCUT2D eigenvalue weighted by atomic mass is 10.1. The Morgan fingerprint density at radius 1 is 1.03 bits per heavy atom. The number of para-hydroxylation sites is 1. The molecule has 3 aromatic carbocycles. The van der Waals surface area contributed by atoms with E-state index in [0.717, 1.165) is 6.26 Å². The van der Waals surface area contributed by atoms with Gasteiger partial charge in [-0.3, -0.25) is 9.59 Å². The number of hydrogen-bond donors (Lipinski definition) is 1. The first-order valence-corrected chi connectivity index (χ1v) is 11.1. The van der Waals surface area contributed by atoms with E-state index in [-0.39, 0.29) is 35.1 Å². The van der Waals surface area contributed by atoms with Crippen molar-refractivity contribution in [3.8, 4) is 11.5 Å². The molecule has 0 bridgehead atoms. The van der Waals surface area contributed by atoms with Crippen LogP contribution in [0, 0.1) is 5.82 Å². The lowest BCUT2D eigenvalue weighted by molar-refractivity contribution is -0.115. The van der Waals surface area contributed by atoms with Crippen molar-refractivity contribution >= 4 is 33.2 Å². The Kier molecular flexibility index (Phi) is 5.20. The van der Waals surface area contributed by atoms with E-state index in [9.17, 15) is 22.4 Å². The van der Waals surface area contributed by atoms with E-state index in [0.29, 0.717) is 15.6 Å². The van der Waals surface area contributed by atoms with Gasteiger partial charge in [0.2, 0.25) is 15.9 Å². The molecule has 3 aromatic rings. The summed E-state index contributed by atoms with van der Waals surface area (Å²) >= 11 is 0. The van der Waals surface area contributed by atoms with Crippen LogP contribution >= 0.6 is 0 Å². The Hall–Kier alpha value is -3.72. The number of ether oxygens (including phenoxy) is 1. The molecule has 9 heteroatoms. The predicted molar refractivity (Wildman–Crippen MR) is 113 cm³/mol. The Morgan fingerprint density at radius 3 is 2.45 bits per heavy atom. The number of nitrogens with one attached hydrogen (secondary N) is 1. The van der Waals surface area contributed by atoms with Crippen LogP contribution in [0.1, 0.15) is 15.9 Å². The van der Waals surface area contributed by atoms with Gasteiger partial charge in [-0.1, -0.05) is 24.3 Å². The van der Waals surface area contributed by atoms with Crippen LogP contribution < -0.4 is 14.4 Å². The maximum absolute atomic E-state index is 13.0. The third kappa shape index (κ3) is 4.26. The molecule has 31 heavy (non-hydrogen) atoms. The van der Waals surface area contributed by atoms with Crippen molar-refractivity contribution < 1.29 is 27.1 Å². The first-order valence-electron chi connectivity index (χ1n) is 9.22. The maximum Gasteiger partial charge on any atom is 0.275 e. The summed E-state index contributed by atoms with van der Waals surface area (Å²) in [4.78, 5) is 25.3. The first-order chi connectivity index (χ1) is 14.7. The van der Waals surface area contributed by atoms with Crippen molar-refractivity contribution in [1.29, 1.82) is 0 Å². The highest BCUT2D eigenvalue weighted by Gasteiger charge is 2.34. The van der Waals surface area contributed by atoms with Gasteiger partial charge in [-0.2, -0.15) is 4.31 Å². The van der Waals surface area contributed by atoms with E-state index < -0.39 is 21.7 Å². The molecule has 1 heterocycles. The van der Waals surface area contributed by atoms with Crippen LogP contribution in [0.25, 0.3) is 0 Å². The summed E-state index contributed by atoms with van der Waals surface area (Å²) in [5.74, 6) is -1.17. The van der Waals surface area contributed by atoms with Crippen molar-refractivity contribution in [1.82, 2.24) is 0 Å². The molecular formula is C22H17FN2O5S. The Bertz CT molecular complexity index is 1290. The summed E-state index contributed by atoms with van der Waals surface area (Å²) in [7, 11) is -3.95. The summed E-state index contributed by atoms with van der Waals surface area (Å²) in [5.41, 5.74) is 1.13. The highest BCUT2D eigenvalue weighted by Crippen LogP contribution is 2.41. The number of carbonyl (C=O) groups is 2. The van der Waals surface area contributed by atoms with Gasteiger partial charge in [-0.05, 0) is 42.0 Å². The number of carbonyl (C=O) groups excluding carboxylic acids is 2. The number of benzene rings is 3. The standard InChI is InChI=1S/C22H17FN2O5S/c1-31(28,29)25-18-11-10-16(24-21(26)12-14-6-8-15(23)9-7-14)13-20(18)30-19-5-3-2-4-17(19)22(25)27/h2-11,13H,12H2,1H3,(H,24,26). The number of halogens is 1. The minimum absolute atomic E-state index is 0.0228. The lowest BCUT2D eigenvalue weighted by Crippen LogP contribution is -2.35. The summed E-state index contributed by atoms with van der Waals surface area (Å²) in [5, 5.41) is 2.70. The van der Waals surface area contributed by atoms with Gasteiger partial charge in [0.05, 0.1) is 18.2 Å². The van der Waals surface area contributed by atoms with E-state index in [4.69, 9.17) is 4.74 Å². The van der Waals surface area contributed by atoms with E-state index in [1.54, 1.807) is 18.2 Å². The average molecular weight is 440 g/mol. The highest BCUT2D eigenvalue weighted by molar-refractivity contribution is 7.92. The fourth-order valence-corrected chi connectivity index (χ4v) is 4.14. The molecule has 0 aromatic heterocycles. The van der Waals surface area contributed by atoms with Crippen LogP contribution in [-0.4, -0.2) is 26.5 Å². The van der Waals surface area contributed by atoms with Gasteiger partial charge in [0, 0.05) is 11.8 Å². The number of nitrogens with zero attached hydrogens (tertiary/aromatic N) is 1. The molecule has 0 unspecified atom stereocenters. The summed E-state index contributed by atoms with van der Waals surface area (Å²) in [6.45, 7) is 0. The molecule has 0 saturated carbocycles. The zero-order valence-electron chi connectivity index (χ0n) is 16.3. The minimum atomic E-state index is -3.95. The van der Waals surface area contributed by atoms with E-state index in [1.807, 2.05) is 0 Å². The van der Waals surface area contributed by atoms with Crippen LogP contribution in [0.15, 0.2) is 66.7 Å². The largest absolute Gasteiger partial charge is 0.454 e. The van der Waals surface area contributed by atoms with Gasteiger partial charge < -0.3 is 10.1 Å². The molecule has 0 atom stereocenters. The first kappa shape index (κ1) is 20.5. The summed E-state index contributed by atoms with van der Waals surface area (Å²) in [6, 6.07) is 16.2. The second kappa shape index (κ2) is 7.84. The van der Waals surface area contributed by atoms with Gasteiger partial charge in [0.25, 0.3) is 5.91 Å². The summed E-state index contributed by atoms with van der Waals surface area (Å²) in [6.07, 6.45) is 0.954. The second-order valence-electron chi connectivity index (χ2n) is 6.96. The van der Waals surface area contributed by atoms with Gasteiger partial charge in [-0.15, -0.1) is 0 Å². The smallest absolute Gasteiger partial charge is 0.275 e. The van der Waals surface area contributed by atoms with E-state index in [1.165, 1.54) is 48.5 Å². The summed E-state index contributed by atoms with van der Waals surface area (Å²) < 4.78 is 44.3. The quantitative estimate of drug-likeness (QED) is 0.668. The molecule has 0 saturated heterocycles. The molecule has 1 aliphatic heterocycles. The van der Waals surface area contributed by atoms with Crippen LogP contribution in [0.3, 0.4) is 0 Å². The molecule has 0 radical (unpaired) electrons. The maximum atomic E-state index is 13.0. The van der Waals surface area contributed by atoms with Crippen LogP contribution in [0.4, 0.5) is 15.8 Å². The van der Waals surface area contributed by atoms with E-state index >= 15 is 0 Å². The van der Waals surface area contributed by atoms with Crippen LogP contribution in [0.5, 0.6) is 11.5 Å². The Morgan fingerprint density at radius 2 is 1.74 bits per heavy atom. The topological polar surface area (TPSA) is 92.8 Å². The van der Waals surface area contributed by atoms with Crippen molar-refractivity contribution in [3.05, 3.63) is 83.7 Å². The number of hydrogen-bond acceptors (Lipinski definition) is 5. The number of amides is 2. The SMILES string of the molecule is CS(=O)(=O)N1C(=O)c2ccccc2Oc2cc(NC(=O)Cc3ccc(F)cc3)ccc21. The fourth-order valence-electron chi connectivity index (χ4n) is 3.23. The fraction of sp³-hybridized carbons (Fsp3) is 0.0909. The normalized spacial score (nSPS) is 13.0. The molecular weight excluding hydrogens is 423 g/mol. The number of anilines is 2. The minimum Gasteiger partial charge on any atom is -0.454 e. The van der Waals surface area contributed by atoms with Gasteiger partial charge >= 0.3 is 0 Å². The number of fused-ring (bicyclic) bond motifs is 2. The Labute approximate surface area is 178 Å². The van der Waals surface area contributed by atoms with Crippen molar-refractivity contribution in [3.63, 3.8) is 0 Å². The molecule has 4 rings (SSSR count). The predicted octanol–water partition coefficient (Wildman–Crippen LogP) is 3.72. The highest BCUT2D eigenvalue weighted by atomic mass is 32.2. The van der Waals surface area contributed by atoms with Gasteiger partial charge in [0.1, 0.15) is 17.3 Å². The van der Waals surface area contributed by atoms with Crippen molar-refractivity contribution in [2.75, 3.05) is 15.9 Å². The third-order valence-corrected chi connectivity index (χ3v) is 5.62. The van der Waals surface area contributed by atoms with Crippen molar-refractivity contribution in [2.24, 2.45) is 0 Å². The van der Waals surface area contributed by atoms with Gasteiger partial charge in [-0.25, -0.2) is 12.8 Å². The van der Waals surface area contributed by atoms with Crippen LogP contribution in [-0.2, 0) is 21.2 Å². The monoisotopic (exact) mass is 440 g/mol. The molecule has 2 amide bonds. The lowest BCUT2D eigenvalue weighted by Gasteiger charge is -2.20. The van der Waals surface area contributed by atoms with Crippen LogP contribution in [0.2, 0.25) is 0 Å². The molecule has 1 aliphatic rings. The molecule has 1 N–H and O–H groups in total. The number of sulfonamides is 1. The molecule has 0 fully saturated rings. The van der Waals surface area contributed by atoms with Crippen molar-refractivity contribution in [2.45, 2.75) is 6.42 Å². The van der Waals surface area contributed by atoms with E-state index in [2.05, 4.69) is 5.32 Å². The van der Waals surface area contributed by atoms with Gasteiger partial charge in [0.15, 0.2) is 5.75 Å². The second-order valence-corrected chi connectivity index (χ2v) is 8.80. The molecule has 0 aliphatic carbocycles. The Balaban J connectivity index is 1.67. The third-order valence-electron chi connectivity index (χ3n) is 4.59. The number of rotatable bonds is 4. The zero-order chi connectivity index (χ0) is 22.2.